The summed E-state index contributed by atoms with van der Waals surface area (Å²) >= 11 is 0. The molecule has 0 heterocycles. The highest BCUT2D eigenvalue weighted by molar-refractivity contribution is 6.02. The first kappa shape index (κ1) is 12.5. The smallest absolute Gasteiger partial charge is 0.0215 e. The zero-order valence-electron chi connectivity index (χ0n) is 13.0. The summed E-state index contributed by atoms with van der Waals surface area (Å²) in [5.74, 6) is 0. The maximum absolute atomic E-state index is 2.45. The maximum atomic E-state index is 2.45. The molecule has 0 N–H and O–H groups in total. The van der Waals surface area contributed by atoms with Crippen molar-refractivity contribution in [2.45, 2.75) is 38.0 Å². The first-order valence-electron chi connectivity index (χ1n) is 8.43. The molecule has 2 aliphatic rings. The van der Waals surface area contributed by atoms with Crippen LogP contribution in [-0.4, -0.2) is 0 Å². The van der Waals surface area contributed by atoms with Crippen LogP contribution >= 0.6 is 0 Å². The first-order valence-corrected chi connectivity index (χ1v) is 8.43. The molecule has 0 bridgehead atoms. The third-order valence-electron chi connectivity index (χ3n) is 5.86. The standard InChI is InChI=1S/C22H20/c1-15-8-10-18-20(14-15)22(12-4-5-13-22)19-11-9-16-6-2-3-7-17(16)21(18)19/h2-3,6-11,14H,4-5,12-13H2,1H3. The van der Waals surface area contributed by atoms with Gasteiger partial charge in [0.25, 0.3) is 0 Å². The summed E-state index contributed by atoms with van der Waals surface area (Å²) in [4.78, 5) is 0. The summed E-state index contributed by atoms with van der Waals surface area (Å²) in [5.41, 5.74) is 7.86. The van der Waals surface area contributed by atoms with E-state index >= 15 is 0 Å². The van der Waals surface area contributed by atoms with Gasteiger partial charge >= 0.3 is 0 Å². The molecule has 1 saturated carbocycles. The highest BCUT2D eigenvalue weighted by Crippen LogP contribution is 2.58. The van der Waals surface area contributed by atoms with Crippen molar-refractivity contribution < 1.29 is 0 Å². The van der Waals surface area contributed by atoms with Crippen molar-refractivity contribution >= 4 is 10.8 Å². The van der Waals surface area contributed by atoms with Crippen molar-refractivity contribution in [2.75, 3.05) is 0 Å². The molecule has 2 aliphatic carbocycles. The van der Waals surface area contributed by atoms with Crippen molar-refractivity contribution in [1.29, 1.82) is 0 Å². The summed E-state index contributed by atoms with van der Waals surface area (Å²) in [6, 6.07) is 20.7. The van der Waals surface area contributed by atoms with Gasteiger partial charge in [0, 0.05) is 5.41 Å². The number of fused-ring (bicyclic) bond motifs is 7. The SMILES string of the molecule is Cc1ccc2c(c1)C1(CCCC1)c1ccc3ccccc3c1-2. The van der Waals surface area contributed by atoms with Crippen LogP contribution in [0.15, 0.2) is 54.6 Å². The Morgan fingerprint density at radius 1 is 0.818 bits per heavy atom. The number of aryl methyl sites for hydroxylation is 1. The minimum Gasteiger partial charge on any atom is -0.0616 e. The van der Waals surface area contributed by atoms with E-state index in [1.165, 1.54) is 53.1 Å². The quantitative estimate of drug-likeness (QED) is 0.475. The Hall–Kier alpha value is -2.08. The van der Waals surface area contributed by atoms with Crippen molar-refractivity contribution in [3.05, 3.63) is 71.3 Å². The normalized spacial score (nSPS) is 17.9. The zero-order valence-corrected chi connectivity index (χ0v) is 13.0. The van der Waals surface area contributed by atoms with Gasteiger partial charge in [-0.3, -0.25) is 0 Å². The zero-order chi connectivity index (χ0) is 14.7. The first-order chi connectivity index (χ1) is 10.8. The molecule has 5 rings (SSSR count). The fourth-order valence-electron chi connectivity index (χ4n) is 4.89. The minimum absolute atomic E-state index is 0.292. The molecule has 0 unspecified atom stereocenters. The van der Waals surface area contributed by atoms with Crippen molar-refractivity contribution in [2.24, 2.45) is 0 Å². The molecule has 3 aromatic rings. The number of hydrogen-bond acceptors (Lipinski definition) is 0. The lowest BCUT2D eigenvalue weighted by Crippen LogP contribution is -2.20. The van der Waals surface area contributed by atoms with Crippen LogP contribution in [0.1, 0.15) is 42.4 Å². The van der Waals surface area contributed by atoms with Crippen molar-refractivity contribution in [3.63, 3.8) is 0 Å². The van der Waals surface area contributed by atoms with E-state index in [0.29, 0.717) is 5.41 Å². The van der Waals surface area contributed by atoms with Crippen LogP contribution in [-0.2, 0) is 5.41 Å². The predicted octanol–water partition coefficient (Wildman–Crippen LogP) is 5.99. The van der Waals surface area contributed by atoms with Crippen LogP contribution in [0.5, 0.6) is 0 Å². The molecular formula is C22H20. The van der Waals surface area contributed by atoms with E-state index in [0.717, 1.165) is 0 Å². The van der Waals surface area contributed by atoms with Gasteiger partial charge in [0.15, 0.2) is 0 Å². The lowest BCUT2D eigenvalue weighted by Gasteiger charge is -2.27. The summed E-state index contributed by atoms with van der Waals surface area (Å²) < 4.78 is 0. The number of benzene rings is 3. The largest absolute Gasteiger partial charge is 0.0616 e. The molecule has 0 amide bonds. The summed E-state index contributed by atoms with van der Waals surface area (Å²) in [6.45, 7) is 2.23. The highest BCUT2D eigenvalue weighted by atomic mass is 14.5. The Balaban J connectivity index is 1.95. The summed E-state index contributed by atoms with van der Waals surface area (Å²) in [7, 11) is 0. The second kappa shape index (κ2) is 4.23. The van der Waals surface area contributed by atoms with E-state index < -0.39 is 0 Å². The van der Waals surface area contributed by atoms with Gasteiger partial charge in [0.1, 0.15) is 0 Å². The third kappa shape index (κ3) is 1.43. The van der Waals surface area contributed by atoms with E-state index in [1.807, 2.05) is 0 Å². The molecule has 0 atom stereocenters. The van der Waals surface area contributed by atoms with Gasteiger partial charge in [-0.2, -0.15) is 0 Å². The molecule has 108 valence electrons. The average Bonchev–Trinajstić information content (AvgIpc) is 3.14. The van der Waals surface area contributed by atoms with Gasteiger partial charge in [-0.15, -0.1) is 0 Å². The number of rotatable bonds is 0. The number of hydrogen-bond donors (Lipinski definition) is 0. The Bertz CT molecular complexity index is 895. The van der Waals surface area contributed by atoms with Gasteiger partial charge in [-0.05, 0) is 52.8 Å². The molecule has 0 heteroatoms. The summed E-state index contributed by atoms with van der Waals surface area (Å²) in [5, 5.41) is 2.79. The van der Waals surface area contributed by atoms with Gasteiger partial charge in [-0.25, -0.2) is 0 Å². The van der Waals surface area contributed by atoms with E-state index in [9.17, 15) is 0 Å². The highest BCUT2D eigenvalue weighted by Gasteiger charge is 2.45. The lowest BCUT2D eigenvalue weighted by atomic mass is 9.76. The molecule has 0 aromatic heterocycles. The molecule has 0 nitrogen and oxygen atoms in total. The van der Waals surface area contributed by atoms with Gasteiger partial charge < -0.3 is 0 Å². The topological polar surface area (TPSA) is 0 Å². The second-order valence-corrected chi connectivity index (χ2v) is 7.05. The fourth-order valence-corrected chi connectivity index (χ4v) is 4.89. The molecule has 3 aromatic carbocycles. The Morgan fingerprint density at radius 2 is 1.64 bits per heavy atom. The monoisotopic (exact) mass is 284 g/mol. The minimum atomic E-state index is 0.292. The maximum Gasteiger partial charge on any atom is 0.0215 e. The molecular weight excluding hydrogens is 264 g/mol. The Morgan fingerprint density at radius 3 is 2.50 bits per heavy atom. The molecule has 0 aliphatic heterocycles. The van der Waals surface area contributed by atoms with Gasteiger partial charge in [-0.1, -0.05) is 73.0 Å². The van der Waals surface area contributed by atoms with Crippen LogP contribution in [0.3, 0.4) is 0 Å². The van der Waals surface area contributed by atoms with Gasteiger partial charge in [0.05, 0.1) is 0 Å². The fraction of sp³-hybridized carbons (Fsp3) is 0.273. The summed E-state index contributed by atoms with van der Waals surface area (Å²) in [6.07, 6.45) is 5.35. The van der Waals surface area contributed by atoms with Crippen LogP contribution < -0.4 is 0 Å². The second-order valence-electron chi connectivity index (χ2n) is 7.05. The van der Waals surface area contributed by atoms with Crippen molar-refractivity contribution in [1.82, 2.24) is 0 Å². The third-order valence-corrected chi connectivity index (χ3v) is 5.86. The average molecular weight is 284 g/mol. The molecule has 0 saturated heterocycles. The molecule has 1 fully saturated rings. The lowest BCUT2D eigenvalue weighted by molar-refractivity contribution is 0.550. The molecule has 22 heavy (non-hydrogen) atoms. The molecule has 1 spiro atoms. The van der Waals surface area contributed by atoms with Crippen molar-refractivity contribution in [3.8, 4) is 11.1 Å². The van der Waals surface area contributed by atoms with E-state index in [2.05, 4.69) is 61.5 Å². The van der Waals surface area contributed by atoms with Gasteiger partial charge in [0.2, 0.25) is 0 Å². The van der Waals surface area contributed by atoms with E-state index in [-0.39, 0.29) is 0 Å². The van der Waals surface area contributed by atoms with E-state index in [4.69, 9.17) is 0 Å². The van der Waals surface area contributed by atoms with Crippen LogP contribution in [0, 0.1) is 6.92 Å². The Kier molecular flexibility index (Phi) is 2.39. The van der Waals surface area contributed by atoms with Crippen LogP contribution in [0.4, 0.5) is 0 Å². The Labute approximate surface area is 131 Å². The van der Waals surface area contributed by atoms with Crippen LogP contribution in [0.25, 0.3) is 21.9 Å². The predicted molar refractivity (Wildman–Crippen MR) is 93.4 cm³/mol. The molecule has 0 radical (unpaired) electrons. The van der Waals surface area contributed by atoms with Crippen LogP contribution in [0.2, 0.25) is 0 Å². The van der Waals surface area contributed by atoms with E-state index in [1.54, 1.807) is 11.1 Å².